The smallest absolute Gasteiger partial charge is 0.134 e. The van der Waals surface area contributed by atoms with E-state index in [0.717, 1.165) is 27.8 Å². The molecule has 1 fully saturated rings. The molecule has 0 aromatic heterocycles. The van der Waals surface area contributed by atoms with Crippen LogP contribution in [0.2, 0.25) is 5.02 Å². The summed E-state index contributed by atoms with van der Waals surface area (Å²) in [5.74, 6) is 1.18. The van der Waals surface area contributed by atoms with Gasteiger partial charge in [-0.25, -0.2) is 4.39 Å². The number of hydrogen-bond donors (Lipinski definition) is 0. The van der Waals surface area contributed by atoms with Gasteiger partial charge < -0.3 is 0 Å². The Labute approximate surface area is 172 Å². The van der Waals surface area contributed by atoms with Gasteiger partial charge in [0.1, 0.15) is 5.82 Å². The first-order chi connectivity index (χ1) is 13.6. The standard InChI is InChI=1S/C26H26ClF/c1-2-18-3-8-20(9-4-18)22-13-16-25-23(17-22)12-11-21(26(25)28)10-5-19-6-14-24(27)15-7-19/h2,6-7,11-18,20H,1,3-5,8-10H2. The minimum Gasteiger partial charge on any atom is -0.206 e. The Morgan fingerprint density at radius 1 is 0.929 bits per heavy atom. The fourth-order valence-electron chi connectivity index (χ4n) is 4.42. The number of aryl methyl sites for hydroxylation is 2. The van der Waals surface area contributed by atoms with Gasteiger partial charge in [0.2, 0.25) is 0 Å². The first-order valence-corrected chi connectivity index (χ1v) is 10.6. The largest absolute Gasteiger partial charge is 0.206 e. The van der Waals surface area contributed by atoms with Crippen LogP contribution in [-0.2, 0) is 12.8 Å². The molecule has 0 saturated heterocycles. The molecule has 0 spiro atoms. The molecule has 1 saturated carbocycles. The zero-order chi connectivity index (χ0) is 19.5. The molecule has 1 aliphatic rings. The molecule has 2 heteroatoms. The number of rotatable bonds is 5. The van der Waals surface area contributed by atoms with Gasteiger partial charge in [-0.2, -0.15) is 0 Å². The average Bonchev–Trinajstić information content (AvgIpc) is 2.74. The molecule has 0 heterocycles. The summed E-state index contributed by atoms with van der Waals surface area (Å²) in [5, 5.41) is 2.47. The quantitative estimate of drug-likeness (QED) is 0.387. The lowest BCUT2D eigenvalue weighted by Gasteiger charge is -2.27. The number of hydrogen-bond acceptors (Lipinski definition) is 0. The maximum Gasteiger partial charge on any atom is 0.134 e. The van der Waals surface area contributed by atoms with Crippen molar-refractivity contribution in [3.05, 3.63) is 94.8 Å². The summed E-state index contributed by atoms with van der Waals surface area (Å²) in [6.07, 6.45) is 8.42. The highest BCUT2D eigenvalue weighted by Crippen LogP contribution is 2.37. The molecule has 0 nitrogen and oxygen atoms in total. The summed E-state index contributed by atoms with van der Waals surface area (Å²) in [7, 11) is 0. The molecule has 0 radical (unpaired) electrons. The molecule has 0 bridgehead atoms. The highest BCUT2D eigenvalue weighted by molar-refractivity contribution is 6.30. The number of fused-ring (bicyclic) bond motifs is 1. The Balaban J connectivity index is 1.51. The molecule has 4 rings (SSSR count). The van der Waals surface area contributed by atoms with Crippen molar-refractivity contribution in [1.82, 2.24) is 0 Å². The van der Waals surface area contributed by atoms with Crippen molar-refractivity contribution in [2.45, 2.75) is 44.4 Å². The summed E-state index contributed by atoms with van der Waals surface area (Å²) >= 11 is 5.94. The van der Waals surface area contributed by atoms with Crippen LogP contribution in [0.4, 0.5) is 4.39 Å². The Morgan fingerprint density at radius 3 is 2.39 bits per heavy atom. The van der Waals surface area contributed by atoms with Crippen LogP contribution < -0.4 is 0 Å². The van der Waals surface area contributed by atoms with Crippen LogP contribution in [0.1, 0.15) is 48.3 Å². The van der Waals surface area contributed by atoms with Crippen LogP contribution in [0.25, 0.3) is 10.8 Å². The number of benzene rings is 3. The zero-order valence-corrected chi connectivity index (χ0v) is 16.9. The highest BCUT2D eigenvalue weighted by Gasteiger charge is 2.21. The van der Waals surface area contributed by atoms with Crippen molar-refractivity contribution in [1.29, 1.82) is 0 Å². The molecule has 3 aromatic rings. The van der Waals surface area contributed by atoms with Crippen molar-refractivity contribution in [2.24, 2.45) is 5.92 Å². The van der Waals surface area contributed by atoms with Gasteiger partial charge in [0.25, 0.3) is 0 Å². The Bertz CT molecular complexity index is 966. The SMILES string of the molecule is C=CC1CCC(c2ccc3c(F)c(CCc4ccc(Cl)cc4)ccc3c2)CC1. The van der Waals surface area contributed by atoms with Gasteiger partial charge >= 0.3 is 0 Å². The van der Waals surface area contributed by atoms with Crippen molar-refractivity contribution < 1.29 is 4.39 Å². The van der Waals surface area contributed by atoms with E-state index in [1.54, 1.807) is 0 Å². The number of allylic oxidation sites excluding steroid dienone is 1. The molecular formula is C26H26ClF. The van der Waals surface area contributed by atoms with Gasteiger partial charge in [0, 0.05) is 10.4 Å². The molecule has 3 aromatic carbocycles. The van der Waals surface area contributed by atoms with Gasteiger partial charge in [-0.15, -0.1) is 6.58 Å². The van der Waals surface area contributed by atoms with Crippen molar-refractivity contribution >= 4 is 22.4 Å². The van der Waals surface area contributed by atoms with Gasteiger partial charge in [0.05, 0.1) is 0 Å². The lowest BCUT2D eigenvalue weighted by molar-refractivity contribution is 0.376. The van der Waals surface area contributed by atoms with Gasteiger partial charge in [0.15, 0.2) is 0 Å². The molecule has 0 amide bonds. The van der Waals surface area contributed by atoms with E-state index < -0.39 is 0 Å². The number of halogens is 2. The maximum atomic E-state index is 15.1. The summed E-state index contributed by atoms with van der Waals surface area (Å²) in [4.78, 5) is 0. The minimum absolute atomic E-state index is 0.0756. The van der Waals surface area contributed by atoms with Gasteiger partial charge in [-0.05, 0) is 84.6 Å². The predicted molar refractivity (Wildman–Crippen MR) is 118 cm³/mol. The first kappa shape index (κ1) is 19.2. The lowest BCUT2D eigenvalue weighted by atomic mass is 9.78. The second-order valence-electron chi connectivity index (χ2n) is 7.99. The van der Waals surface area contributed by atoms with Gasteiger partial charge in [-0.1, -0.05) is 60.1 Å². The van der Waals surface area contributed by atoms with Crippen LogP contribution in [0, 0.1) is 11.7 Å². The third kappa shape index (κ3) is 4.15. The van der Waals surface area contributed by atoms with E-state index in [0.29, 0.717) is 18.3 Å². The minimum atomic E-state index is -0.0756. The van der Waals surface area contributed by atoms with Gasteiger partial charge in [-0.3, -0.25) is 0 Å². The molecular weight excluding hydrogens is 367 g/mol. The van der Waals surface area contributed by atoms with Crippen LogP contribution in [0.15, 0.2) is 67.3 Å². The third-order valence-corrected chi connectivity index (χ3v) is 6.48. The van der Waals surface area contributed by atoms with Crippen LogP contribution in [0.5, 0.6) is 0 Å². The lowest BCUT2D eigenvalue weighted by Crippen LogP contribution is -2.11. The predicted octanol–water partition coefficient (Wildman–Crippen LogP) is 7.88. The summed E-state index contributed by atoms with van der Waals surface area (Å²) in [5.41, 5.74) is 3.30. The summed E-state index contributed by atoms with van der Waals surface area (Å²) in [6.45, 7) is 3.93. The topological polar surface area (TPSA) is 0 Å². The zero-order valence-electron chi connectivity index (χ0n) is 16.1. The van der Waals surface area contributed by atoms with E-state index in [4.69, 9.17) is 11.6 Å². The fraction of sp³-hybridized carbons (Fsp3) is 0.308. The maximum absolute atomic E-state index is 15.1. The third-order valence-electron chi connectivity index (χ3n) is 6.23. The van der Waals surface area contributed by atoms with E-state index >= 15 is 4.39 Å². The molecule has 0 N–H and O–H groups in total. The molecule has 0 atom stereocenters. The fourth-order valence-corrected chi connectivity index (χ4v) is 4.55. The summed E-state index contributed by atoms with van der Waals surface area (Å²) < 4.78 is 15.1. The van der Waals surface area contributed by atoms with E-state index in [2.05, 4.69) is 30.9 Å². The van der Waals surface area contributed by atoms with Crippen molar-refractivity contribution in [3.63, 3.8) is 0 Å². The van der Waals surface area contributed by atoms with Crippen molar-refractivity contribution in [3.8, 4) is 0 Å². The van der Waals surface area contributed by atoms with E-state index in [9.17, 15) is 0 Å². The molecule has 1 aliphatic carbocycles. The van der Waals surface area contributed by atoms with Crippen molar-refractivity contribution in [2.75, 3.05) is 0 Å². The van der Waals surface area contributed by atoms with E-state index in [1.165, 1.54) is 36.8 Å². The Morgan fingerprint density at radius 2 is 1.68 bits per heavy atom. The van der Waals surface area contributed by atoms with E-state index in [-0.39, 0.29) is 5.82 Å². The van der Waals surface area contributed by atoms with Crippen LogP contribution in [-0.4, -0.2) is 0 Å². The molecule has 0 unspecified atom stereocenters. The second kappa shape index (κ2) is 8.49. The highest BCUT2D eigenvalue weighted by atomic mass is 35.5. The Kier molecular flexibility index (Phi) is 5.82. The molecule has 28 heavy (non-hydrogen) atoms. The molecule has 144 valence electrons. The molecule has 0 aliphatic heterocycles. The normalized spacial score (nSPS) is 19.6. The first-order valence-electron chi connectivity index (χ1n) is 10.2. The second-order valence-corrected chi connectivity index (χ2v) is 8.43. The van der Waals surface area contributed by atoms with Crippen LogP contribution in [0.3, 0.4) is 0 Å². The van der Waals surface area contributed by atoms with E-state index in [1.807, 2.05) is 36.4 Å². The monoisotopic (exact) mass is 392 g/mol. The Hall–Kier alpha value is -2.12. The average molecular weight is 393 g/mol. The van der Waals surface area contributed by atoms with Crippen LogP contribution >= 0.6 is 11.6 Å². The summed E-state index contributed by atoms with van der Waals surface area (Å²) in [6, 6.07) is 18.1.